The van der Waals surface area contributed by atoms with Gasteiger partial charge in [-0.05, 0) is 28.8 Å². The molecular weight excluding hydrogens is 312 g/mol. The third-order valence-electron chi connectivity index (χ3n) is 3.53. The maximum absolute atomic E-state index is 11.7. The fraction of sp³-hybridized carbons (Fsp3) is 0.0476. The molecule has 0 heterocycles. The molecule has 0 bridgehead atoms. The molecule has 0 radical (unpaired) electrons. The van der Waals surface area contributed by atoms with Crippen LogP contribution in [0.4, 0.5) is 0 Å². The largest absolute Gasteiger partial charge is 0.484 e. The lowest BCUT2D eigenvalue weighted by atomic mass is 10.1. The fourth-order valence-electron chi connectivity index (χ4n) is 2.27. The molecule has 3 aromatic carbocycles. The van der Waals surface area contributed by atoms with Gasteiger partial charge in [0.15, 0.2) is 6.61 Å². The molecule has 0 aliphatic rings. The summed E-state index contributed by atoms with van der Waals surface area (Å²) in [5.41, 5.74) is 5.60. The summed E-state index contributed by atoms with van der Waals surface area (Å²) in [6.45, 7) is -0.0865. The zero-order valence-corrected chi connectivity index (χ0v) is 13.6. The minimum absolute atomic E-state index is 0.0865. The van der Waals surface area contributed by atoms with E-state index in [1.807, 2.05) is 84.9 Å². The van der Waals surface area contributed by atoms with Gasteiger partial charge in [-0.2, -0.15) is 5.10 Å². The number of benzene rings is 3. The minimum Gasteiger partial charge on any atom is -0.484 e. The molecule has 0 atom stereocenters. The van der Waals surface area contributed by atoms with Crippen molar-refractivity contribution in [3.8, 4) is 16.9 Å². The number of rotatable bonds is 6. The Morgan fingerprint density at radius 2 is 1.44 bits per heavy atom. The Morgan fingerprint density at radius 1 is 0.840 bits per heavy atom. The summed E-state index contributed by atoms with van der Waals surface area (Å²) >= 11 is 0. The molecule has 0 aromatic heterocycles. The molecule has 4 nitrogen and oxygen atoms in total. The number of hydrogen-bond donors (Lipinski definition) is 1. The van der Waals surface area contributed by atoms with E-state index >= 15 is 0 Å². The van der Waals surface area contributed by atoms with E-state index in [1.54, 1.807) is 6.21 Å². The Morgan fingerprint density at radius 3 is 2.12 bits per heavy atom. The first-order valence-electron chi connectivity index (χ1n) is 7.96. The molecule has 4 heteroatoms. The number of nitrogens with zero attached hydrogens (tertiary/aromatic N) is 1. The van der Waals surface area contributed by atoms with Crippen molar-refractivity contribution in [2.45, 2.75) is 0 Å². The van der Waals surface area contributed by atoms with Gasteiger partial charge in [0.05, 0.1) is 6.21 Å². The first-order valence-corrected chi connectivity index (χ1v) is 7.96. The zero-order valence-electron chi connectivity index (χ0n) is 13.6. The summed E-state index contributed by atoms with van der Waals surface area (Å²) in [5, 5.41) is 3.90. The number of hydrazone groups is 1. The van der Waals surface area contributed by atoms with Gasteiger partial charge in [-0.1, -0.05) is 72.8 Å². The van der Waals surface area contributed by atoms with Gasteiger partial charge in [0.2, 0.25) is 0 Å². The highest BCUT2D eigenvalue weighted by Crippen LogP contribution is 2.21. The van der Waals surface area contributed by atoms with Crippen molar-refractivity contribution in [1.82, 2.24) is 5.43 Å². The van der Waals surface area contributed by atoms with Crippen LogP contribution in [0.1, 0.15) is 5.56 Å². The van der Waals surface area contributed by atoms with Gasteiger partial charge in [-0.25, -0.2) is 5.43 Å². The molecule has 1 N–H and O–H groups in total. The van der Waals surface area contributed by atoms with Crippen molar-refractivity contribution in [2.24, 2.45) is 5.10 Å². The third-order valence-corrected chi connectivity index (χ3v) is 3.53. The summed E-state index contributed by atoms with van der Waals surface area (Å²) in [7, 11) is 0. The van der Waals surface area contributed by atoms with Crippen molar-refractivity contribution in [2.75, 3.05) is 6.61 Å². The standard InChI is InChI=1S/C21H18N2O2/c24-21(23-22-15-17-7-3-1-4-8-17)16-25-20-13-11-19(12-14-20)18-9-5-2-6-10-18/h1-15H,16H2,(H,23,24). The fourth-order valence-corrected chi connectivity index (χ4v) is 2.27. The van der Waals surface area contributed by atoms with Gasteiger partial charge in [-0.3, -0.25) is 4.79 Å². The molecule has 0 saturated carbocycles. The van der Waals surface area contributed by atoms with Crippen molar-refractivity contribution in [1.29, 1.82) is 0 Å². The van der Waals surface area contributed by atoms with E-state index < -0.39 is 0 Å². The highest BCUT2D eigenvalue weighted by atomic mass is 16.5. The average molecular weight is 330 g/mol. The summed E-state index contributed by atoms with van der Waals surface area (Å²) in [4.78, 5) is 11.7. The monoisotopic (exact) mass is 330 g/mol. The van der Waals surface area contributed by atoms with Crippen LogP contribution >= 0.6 is 0 Å². The molecule has 3 rings (SSSR count). The van der Waals surface area contributed by atoms with E-state index in [-0.39, 0.29) is 12.5 Å². The normalized spacial score (nSPS) is 10.6. The maximum Gasteiger partial charge on any atom is 0.277 e. The highest BCUT2D eigenvalue weighted by molar-refractivity contribution is 5.82. The van der Waals surface area contributed by atoms with Crippen LogP contribution in [0, 0.1) is 0 Å². The number of carbonyl (C=O) groups excluding carboxylic acids is 1. The number of amides is 1. The van der Waals surface area contributed by atoms with Crippen LogP contribution in [0.3, 0.4) is 0 Å². The van der Waals surface area contributed by atoms with Gasteiger partial charge in [0.25, 0.3) is 5.91 Å². The predicted octanol–water partition coefficient (Wildman–Crippen LogP) is 3.88. The zero-order chi connectivity index (χ0) is 17.3. The molecule has 0 spiro atoms. The Balaban J connectivity index is 1.48. The van der Waals surface area contributed by atoms with Crippen molar-refractivity contribution in [3.63, 3.8) is 0 Å². The molecule has 0 aliphatic carbocycles. The second-order valence-corrected chi connectivity index (χ2v) is 5.38. The van der Waals surface area contributed by atoms with Crippen LogP contribution < -0.4 is 10.2 Å². The Hall–Kier alpha value is -3.40. The van der Waals surface area contributed by atoms with E-state index in [9.17, 15) is 4.79 Å². The van der Waals surface area contributed by atoms with E-state index in [4.69, 9.17) is 4.74 Å². The summed E-state index contributed by atoms with van der Waals surface area (Å²) in [5.74, 6) is 0.334. The topological polar surface area (TPSA) is 50.7 Å². The van der Waals surface area contributed by atoms with E-state index in [0.717, 1.165) is 16.7 Å². The van der Waals surface area contributed by atoms with E-state index in [0.29, 0.717) is 5.75 Å². The molecule has 124 valence electrons. The highest BCUT2D eigenvalue weighted by Gasteiger charge is 2.02. The molecule has 0 fully saturated rings. The number of ether oxygens (including phenoxy) is 1. The molecule has 0 aliphatic heterocycles. The van der Waals surface area contributed by atoms with Crippen LogP contribution in [0.25, 0.3) is 11.1 Å². The summed E-state index contributed by atoms with van der Waals surface area (Å²) in [6, 6.07) is 27.3. The first kappa shape index (κ1) is 16.5. The van der Waals surface area contributed by atoms with Gasteiger partial charge >= 0.3 is 0 Å². The number of carbonyl (C=O) groups is 1. The van der Waals surface area contributed by atoms with Crippen molar-refractivity contribution in [3.05, 3.63) is 90.5 Å². The van der Waals surface area contributed by atoms with E-state index in [2.05, 4.69) is 10.5 Å². The second-order valence-electron chi connectivity index (χ2n) is 5.38. The maximum atomic E-state index is 11.7. The van der Waals surface area contributed by atoms with E-state index in [1.165, 1.54) is 0 Å². The lowest BCUT2D eigenvalue weighted by Gasteiger charge is -2.06. The van der Waals surface area contributed by atoms with Crippen molar-refractivity contribution >= 4 is 12.1 Å². The lowest BCUT2D eigenvalue weighted by molar-refractivity contribution is -0.123. The SMILES string of the molecule is O=C(COc1ccc(-c2ccccc2)cc1)NN=Cc1ccccc1. The summed E-state index contributed by atoms with van der Waals surface area (Å²) < 4.78 is 5.48. The quantitative estimate of drug-likeness (QED) is 0.551. The van der Waals surface area contributed by atoms with Crippen molar-refractivity contribution < 1.29 is 9.53 Å². The first-order chi connectivity index (χ1) is 12.3. The van der Waals surface area contributed by atoms with Crippen LogP contribution in [0.2, 0.25) is 0 Å². The minimum atomic E-state index is -0.306. The van der Waals surface area contributed by atoms with Gasteiger partial charge in [0.1, 0.15) is 5.75 Å². The Bertz CT molecular complexity index is 829. The number of hydrogen-bond acceptors (Lipinski definition) is 3. The average Bonchev–Trinajstić information content (AvgIpc) is 2.68. The Kier molecular flexibility index (Phi) is 5.56. The molecular formula is C21H18N2O2. The number of nitrogens with one attached hydrogen (secondary N) is 1. The van der Waals surface area contributed by atoms with Crippen LogP contribution in [0.5, 0.6) is 5.75 Å². The smallest absolute Gasteiger partial charge is 0.277 e. The van der Waals surface area contributed by atoms with Gasteiger partial charge in [-0.15, -0.1) is 0 Å². The third kappa shape index (κ3) is 5.04. The van der Waals surface area contributed by atoms with Gasteiger partial charge < -0.3 is 4.74 Å². The summed E-state index contributed by atoms with van der Waals surface area (Å²) in [6.07, 6.45) is 1.59. The van der Waals surface area contributed by atoms with Crippen LogP contribution in [-0.2, 0) is 4.79 Å². The molecule has 1 amide bonds. The van der Waals surface area contributed by atoms with Crippen LogP contribution in [0.15, 0.2) is 90.0 Å². The molecule has 0 unspecified atom stereocenters. The molecule has 25 heavy (non-hydrogen) atoms. The second kappa shape index (κ2) is 8.45. The Labute approximate surface area is 146 Å². The van der Waals surface area contributed by atoms with Gasteiger partial charge in [0, 0.05) is 0 Å². The van der Waals surface area contributed by atoms with Crippen LogP contribution in [-0.4, -0.2) is 18.7 Å². The molecule has 3 aromatic rings. The lowest BCUT2D eigenvalue weighted by Crippen LogP contribution is -2.24. The molecule has 0 saturated heterocycles. The predicted molar refractivity (Wildman–Crippen MR) is 99.6 cm³/mol.